The van der Waals surface area contributed by atoms with Gasteiger partial charge in [-0.2, -0.15) is 0 Å². The second-order valence-electron chi connectivity index (χ2n) is 11.6. The van der Waals surface area contributed by atoms with Crippen LogP contribution in [0.25, 0.3) is 0 Å². The molecule has 0 amide bonds. The summed E-state index contributed by atoms with van der Waals surface area (Å²) in [5.74, 6) is 1.99. The van der Waals surface area contributed by atoms with E-state index in [0.29, 0.717) is 13.2 Å². The van der Waals surface area contributed by atoms with Crippen LogP contribution in [0.4, 0.5) is 0 Å². The normalized spacial score (nSPS) is 25.1. The highest BCUT2D eigenvalue weighted by atomic mass is 16.6. The van der Waals surface area contributed by atoms with Gasteiger partial charge in [0.1, 0.15) is 36.9 Å². The van der Waals surface area contributed by atoms with Crippen molar-refractivity contribution in [2.75, 3.05) is 39.6 Å². The van der Waals surface area contributed by atoms with Gasteiger partial charge in [0.25, 0.3) is 0 Å². The molecule has 4 heterocycles. The summed E-state index contributed by atoms with van der Waals surface area (Å²) in [5.41, 5.74) is 7.20. The summed E-state index contributed by atoms with van der Waals surface area (Å²) in [6, 6.07) is 9.33. The number of aryl methyl sites for hydroxylation is 1. The van der Waals surface area contributed by atoms with E-state index in [1.807, 2.05) is 6.08 Å². The minimum Gasteiger partial charge on any atom is -0.490 e. The molecule has 38 heavy (non-hydrogen) atoms. The summed E-state index contributed by atoms with van der Waals surface area (Å²) in [5, 5.41) is 0. The highest BCUT2D eigenvalue weighted by Crippen LogP contribution is 2.41. The van der Waals surface area contributed by atoms with Crippen molar-refractivity contribution in [1.29, 1.82) is 0 Å². The van der Waals surface area contributed by atoms with Gasteiger partial charge in [-0.15, -0.1) is 6.58 Å². The molecule has 6 rings (SSSR count). The van der Waals surface area contributed by atoms with Crippen LogP contribution in [-0.4, -0.2) is 64.1 Å². The van der Waals surface area contributed by atoms with Crippen LogP contribution in [0.5, 0.6) is 11.5 Å². The van der Waals surface area contributed by atoms with Crippen molar-refractivity contribution in [3.05, 3.63) is 70.3 Å². The van der Waals surface area contributed by atoms with Crippen LogP contribution in [0, 0.1) is 0 Å². The maximum atomic E-state index is 6.35. The van der Waals surface area contributed by atoms with Gasteiger partial charge in [0.15, 0.2) is 0 Å². The Morgan fingerprint density at radius 1 is 0.737 bits per heavy atom. The van der Waals surface area contributed by atoms with Crippen LogP contribution in [0.3, 0.4) is 0 Å². The first kappa shape index (κ1) is 25.9. The van der Waals surface area contributed by atoms with Crippen molar-refractivity contribution in [3.8, 4) is 11.5 Å². The molecule has 0 aliphatic carbocycles. The summed E-state index contributed by atoms with van der Waals surface area (Å²) < 4.78 is 34.8. The fraction of sp³-hybridized carbons (Fsp3) is 0.562. The predicted octanol–water partition coefficient (Wildman–Crippen LogP) is 4.74. The number of hydrogen-bond donors (Lipinski definition) is 0. The third-order valence-electron chi connectivity index (χ3n) is 8.01. The second kappa shape index (κ2) is 10.6. The first-order valence-corrected chi connectivity index (χ1v) is 14.1. The fourth-order valence-corrected chi connectivity index (χ4v) is 5.18. The largest absolute Gasteiger partial charge is 0.490 e. The maximum Gasteiger partial charge on any atom is 0.126 e. The zero-order valence-electron chi connectivity index (χ0n) is 22.9. The van der Waals surface area contributed by atoms with Crippen molar-refractivity contribution in [1.82, 2.24) is 0 Å². The van der Waals surface area contributed by atoms with Gasteiger partial charge < -0.3 is 28.4 Å². The average molecular weight is 521 g/mol. The zero-order chi connectivity index (χ0) is 26.3. The van der Waals surface area contributed by atoms with Crippen molar-refractivity contribution >= 4 is 0 Å². The standard InChI is InChI=1S/C32H40O6/c1-5-7-21-9-25(11-23(13-27-15-34-27)31(21)38-19-29-17-36-29)32(3,4)24-8-20(6-2)30(37-18-28-16-35-28)22(10-24)12-26-14-33-26/h5,8-11,26-29H,1,6-7,12-19H2,2-4H3. The topological polar surface area (TPSA) is 68.6 Å². The molecular weight excluding hydrogens is 480 g/mol. The molecule has 4 saturated heterocycles. The van der Waals surface area contributed by atoms with E-state index in [2.05, 4.69) is 51.6 Å². The van der Waals surface area contributed by atoms with Gasteiger partial charge in [-0.05, 0) is 46.2 Å². The quantitative estimate of drug-likeness (QED) is 0.250. The van der Waals surface area contributed by atoms with Gasteiger partial charge in [0.2, 0.25) is 0 Å². The van der Waals surface area contributed by atoms with Crippen LogP contribution < -0.4 is 9.47 Å². The van der Waals surface area contributed by atoms with Crippen molar-refractivity contribution in [2.24, 2.45) is 0 Å². The fourth-order valence-electron chi connectivity index (χ4n) is 5.18. The van der Waals surface area contributed by atoms with E-state index in [1.54, 1.807) is 0 Å². The average Bonchev–Trinajstić information content (AvgIpc) is 3.72. The van der Waals surface area contributed by atoms with E-state index in [-0.39, 0.29) is 29.8 Å². The molecule has 0 radical (unpaired) electrons. The summed E-state index contributed by atoms with van der Waals surface area (Å²) in [6.07, 6.45) is 6.35. The van der Waals surface area contributed by atoms with Gasteiger partial charge in [0.05, 0.1) is 38.6 Å². The van der Waals surface area contributed by atoms with Gasteiger partial charge in [0, 0.05) is 18.3 Å². The van der Waals surface area contributed by atoms with Crippen LogP contribution in [0.15, 0.2) is 36.9 Å². The Kier molecular flexibility index (Phi) is 7.25. The third-order valence-corrected chi connectivity index (χ3v) is 8.01. The molecule has 4 aliphatic heterocycles. The smallest absolute Gasteiger partial charge is 0.126 e. The molecule has 6 nitrogen and oxygen atoms in total. The molecule has 4 atom stereocenters. The maximum absolute atomic E-state index is 6.35. The lowest BCUT2D eigenvalue weighted by molar-refractivity contribution is 0.258. The summed E-state index contributed by atoms with van der Waals surface area (Å²) in [6.45, 7) is 15.3. The highest BCUT2D eigenvalue weighted by Gasteiger charge is 2.33. The predicted molar refractivity (Wildman–Crippen MR) is 146 cm³/mol. The molecular formula is C32H40O6. The lowest BCUT2D eigenvalue weighted by atomic mass is 9.75. The molecule has 0 spiro atoms. The SMILES string of the molecule is C=CCc1cc(C(C)(C)c2cc(CC)c(OCC3CO3)c(CC3CO3)c2)cc(CC2CO2)c1OCC1CO1. The van der Waals surface area contributed by atoms with E-state index in [1.165, 1.54) is 33.4 Å². The number of rotatable bonds is 15. The van der Waals surface area contributed by atoms with E-state index in [9.17, 15) is 0 Å². The van der Waals surface area contributed by atoms with E-state index in [0.717, 1.165) is 63.6 Å². The molecule has 0 N–H and O–H groups in total. The van der Waals surface area contributed by atoms with Crippen LogP contribution in [-0.2, 0) is 50.0 Å². The van der Waals surface area contributed by atoms with Crippen LogP contribution >= 0.6 is 0 Å². The molecule has 0 bridgehead atoms. The van der Waals surface area contributed by atoms with Gasteiger partial charge >= 0.3 is 0 Å². The summed E-state index contributed by atoms with van der Waals surface area (Å²) in [7, 11) is 0. The highest BCUT2D eigenvalue weighted by molar-refractivity contribution is 5.54. The Bertz CT molecular complexity index is 1170. The number of benzene rings is 2. The molecule has 4 fully saturated rings. The summed E-state index contributed by atoms with van der Waals surface area (Å²) in [4.78, 5) is 0. The van der Waals surface area contributed by atoms with Gasteiger partial charge in [-0.25, -0.2) is 0 Å². The number of hydrogen-bond acceptors (Lipinski definition) is 6. The molecule has 2 aromatic carbocycles. The minimum absolute atomic E-state index is 0.210. The second-order valence-corrected chi connectivity index (χ2v) is 11.6. The zero-order valence-corrected chi connectivity index (χ0v) is 22.9. The Morgan fingerprint density at radius 3 is 1.58 bits per heavy atom. The Morgan fingerprint density at radius 2 is 1.16 bits per heavy atom. The Hall–Kier alpha value is -2.38. The Labute approximate surface area is 226 Å². The monoisotopic (exact) mass is 520 g/mol. The van der Waals surface area contributed by atoms with E-state index < -0.39 is 0 Å². The lowest BCUT2D eigenvalue weighted by Gasteiger charge is -2.30. The van der Waals surface area contributed by atoms with E-state index in [4.69, 9.17) is 28.4 Å². The van der Waals surface area contributed by atoms with Gasteiger partial charge in [-0.1, -0.05) is 51.1 Å². The van der Waals surface area contributed by atoms with Gasteiger partial charge in [-0.3, -0.25) is 0 Å². The summed E-state index contributed by atoms with van der Waals surface area (Å²) >= 11 is 0. The third kappa shape index (κ3) is 6.09. The molecule has 4 unspecified atom stereocenters. The molecule has 6 heteroatoms. The van der Waals surface area contributed by atoms with Crippen LogP contribution in [0.2, 0.25) is 0 Å². The van der Waals surface area contributed by atoms with Crippen molar-refractivity contribution in [3.63, 3.8) is 0 Å². The first-order valence-electron chi connectivity index (χ1n) is 14.1. The molecule has 4 aliphatic rings. The van der Waals surface area contributed by atoms with Crippen LogP contribution in [0.1, 0.15) is 54.2 Å². The number of epoxide rings is 4. The molecule has 2 aromatic rings. The number of ether oxygens (including phenoxy) is 6. The molecule has 204 valence electrons. The Balaban J connectivity index is 1.38. The molecule has 0 aromatic heterocycles. The first-order chi connectivity index (χ1) is 18.4. The molecule has 0 saturated carbocycles. The van der Waals surface area contributed by atoms with E-state index >= 15 is 0 Å². The lowest BCUT2D eigenvalue weighted by Crippen LogP contribution is -2.22. The van der Waals surface area contributed by atoms with Crippen molar-refractivity contribution in [2.45, 2.75) is 76.3 Å². The van der Waals surface area contributed by atoms with Crippen molar-refractivity contribution < 1.29 is 28.4 Å². The minimum atomic E-state index is -0.228. The number of allylic oxidation sites excluding steroid dienone is 1.